The van der Waals surface area contributed by atoms with Gasteiger partial charge >= 0.3 is 0 Å². The van der Waals surface area contributed by atoms with Gasteiger partial charge in [-0.25, -0.2) is 0 Å². The van der Waals surface area contributed by atoms with E-state index >= 15 is 0 Å². The molecule has 0 radical (unpaired) electrons. The number of nitrogens with one attached hydrogen (secondary N) is 2. The lowest BCUT2D eigenvalue weighted by Gasteiger charge is -2.40. The average molecular weight is 388 g/mol. The predicted octanol–water partition coefficient (Wildman–Crippen LogP) is 1.86. The third-order valence-electron chi connectivity index (χ3n) is 5.39. The van der Waals surface area contributed by atoms with Crippen LogP contribution < -0.4 is 10.6 Å². The first-order valence-corrected chi connectivity index (χ1v) is 10.5. The van der Waals surface area contributed by atoms with Gasteiger partial charge in [0.05, 0.1) is 13.2 Å². The maximum Gasteiger partial charge on any atom is 0.221 e. The summed E-state index contributed by atoms with van der Waals surface area (Å²) in [5, 5.41) is 24.3. The molecule has 2 unspecified atom stereocenters. The van der Waals surface area contributed by atoms with Crippen molar-refractivity contribution in [3.8, 4) is 0 Å². The molecule has 0 rings (SSSR count). The van der Waals surface area contributed by atoms with Crippen molar-refractivity contribution in [3.05, 3.63) is 0 Å². The van der Waals surface area contributed by atoms with Gasteiger partial charge in [-0.1, -0.05) is 48.0 Å². The van der Waals surface area contributed by atoms with Crippen LogP contribution in [0.3, 0.4) is 0 Å². The molecule has 6 nitrogen and oxygen atoms in total. The summed E-state index contributed by atoms with van der Waals surface area (Å²) in [4.78, 5) is 14.5. The van der Waals surface area contributed by atoms with Crippen LogP contribution in [-0.2, 0) is 4.79 Å². The minimum Gasteiger partial charge on any atom is -0.395 e. The maximum absolute atomic E-state index is 12.4. The van der Waals surface area contributed by atoms with Gasteiger partial charge in [-0.05, 0) is 23.2 Å². The largest absolute Gasteiger partial charge is 0.395 e. The topological polar surface area (TPSA) is 84.8 Å². The van der Waals surface area contributed by atoms with Crippen LogP contribution in [0.1, 0.15) is 60.8 Å². The highest BCUT2D eigenvalue weighted by Crippen LogP contribution is 2.40. The number of aliphatic hydroxyl groups is 2. The minimum atomic E-state index is 0.0738. The Labute approximate surface area is 167 Å². The Morgan fingerprint density at radius 1 is 1.04 bits per heavy atom. The van der Waals surface area contributed by atoms with E-state index in [4.69, 9.17) is 5.11 Å². The standard InChI is InChI=1S/C21H45N3O3/c1-7-18(2)21(6,16-20(3,4)5)17-23-19(27)8-11-24(13-15-26)12-9-22-10-14-25/h18,22,25-26H,7-17H2,1-6H3,(H,23,27). The molecule has 0 bridgehead atoms. The monoisotopic (exact) mass is 387 g/mol. The van der Waals surface area contributed by atoms with Crippen molar-refractivity contribution >= 4 is 5.91 Å². The van der Waals surface area contributed by atoms with Crippen molar-refractivity contribution in [3.63, 3.8) is 0 Å². The van der Waals surface area contributed by atoms with Crippen molar-refractivity contribution in [2.24, 2.45) is 16.7 Å². The molecule has 0 spiro atoms. The van der Waals surface area contributed by atoms with E-state index in [1.54, 1.807) is 0 Å². The highest BCUT2D eigenvalue weighted by molar-refractivity contribution is 5.76. The molecule has 0 aromatic carbocycles. The first-order valence-electron chi connectivity index (χ1n) is 10.5. The summed E-state index contributed by atoms with van der Waals surface area (Å²) in [6.45, 7) is 17.7. The predicted molar refractivity (Wildman–Crippen MR) is 113 cm³/mol. The fourth-order valence-corrected chi connectivity index (χ4v) is 3.68. The van der Waals surface area contributed by atoms with E-state index in [0.29, 0.717) is 38.5 Å². The fourth-order valence-electron chi connectivity index (χ4n) is 3.68. The van der Waals surface area contributed by atoms with Gasteiger partial charge in [0.2, 0.25) is 5.91 Å². The van der Waals surface area contributed by atoms with E-state index in [2.05, 4.69) is 57.1 Å². The van der Waals surface area contributed by atoms with Crippen LogP contribution in [0.5, 0.6) is 0 Å². The summed E-state index contributed by atoms with van der Waals surface area (Å²) in [5.41, 5.74) is 0.310. The quantitative estimate of drug-likeness (QED) is 0.322. The molecule has 0 heterocycles. The Bertz CT molecular complexity index is 399. The van der Waals surface area contributed by atoms with Crippen molar-refractivity contribution in [1.82, 2.24) is 15.5 Å². The van der Waals surface area contributed by atoms with Crippen molar-refractivity contribution in [2.75, 3.05) is 52.5 Å². The molecular formula is C21H45N3O3. The molecule has 0 fully saturated rings. The maximum atomic E-state index is 12.4. The zero-order valence-electron chi connectivity index (χ0n) is 18.6. The number of carbonyl (C=O) groups is 1. The van der Waals surface area contributed by atoms with E-state index in [0.717, 1.165) is 25.9 Å². The smallest absolute Gasteiger partial charge is 0.221 e. The van der Waals surface area contributed by atoms with E-state index in [1.807, 2.05) is 0 Å². The summed E-state index contributed by atoms with van der Waals surface area (Å²) in [6.07, 6.45) is 2.61. The number of rotatable bonds is 15. The van der Waals surface area contributed by atoms with E-state index in [9.17, 15) is 9.90 Å². The number of hydrogen-bond acceptors (Lipinski definition) is 5. The lowest BCUT2D eigenvalue weighted by molar-refractivity contribution is -0.122. The van der Waals surface area contributed by atoms with Gasteiger partial charge in [0, 0.05) is 45.7 Å². The molecular weight excluding hydrogens is 342 g/mol. The molecule has 0 aliphatic carbocycles. The van der Waals surface area contributed by atoms with Gasteiger partial charge in [0.15, 0.2) is 0 Å². The zero-order valence-corrected chi connectivity index (χ0v) is 18.6. The summed E-state index contributed by atoms with van der Waals surface area (Å²) < 4.78 is 0. The Morgan fingerprint density at radius 3 is 2.22 bits per heavy atom. The third-order valence-corrected chi connectivity index (χ3v) is 5.39. The summed E-state index contributed by atoms with van der Waals surface area (Å²) in [6, 6.07) is 0. The second-order valence-electron chi connectivity index (χ2n) is 9.27. The normalized spacial score (nSPS) is 15.6. The SMILES string of the molecule is CCC(C)C(C)(CNC(=O)CCN(CCO)CCNCCO)CC(C)(C)C. The molecule has 4 N–H and O–H groups in total. The number of nitrogens with zero attached hydrogens (tertiary/aromatic N) is 1. The first-order chi connectivity index (χ1) is 12.6. The van der Waals surface area contributed by atoms with Gasteiger partial charge in [0.25, 0.3) is 0 Å². The van der Waals surface area contributed by atoms with Gasteiger partial charge < -0.3 is 20.8 Å². The Morgan fingerprint density at radius 2 is 1.70 bits per heavy atom. The highest BCUT2D eigenvalue weighted by atomic mass is 16.3. The van der Waals surface area contributed by atoms with Gasteiger partial charge in [-0.3, -0.25) is 9.69 Å². The van der Waals surface area contributed by atoms with E-state index in [1.165, 1.54) is 0 Å². The van der Waals surface area contributed by atoms with Gasteiger partial charge in [0.1, 0.15) is 0 Å². The van der Waals surface area contributed by atoms with Crippen LogP contribution in [-0.4, -0.2) is 73.5 Å². The van der Waals surface area contributed by atoms with Crippen molar-refractivity contribution in [1.29, 1.82) is 0 Å². The summed E-state index contributed by atoms with van der Waals surface area (Å²) in [7, 11) is 0. The average Bonchev–Trinajstić information content (AvgIpc) is 2.59. The fraction of sp³-hybridized carbons (Fsp3) is 0.952. The lowest BCUT2D eigenvalue weighted by atomic mass is 9.67. The molecule has 0 aliphatic rings. The van der Waals surface area contributed by atoms with Crippen molar-refractivity contribution < 1.29 is 15.0 Å². The number of carbonyl (C=O) groups excluding carboxylic acids is 1. The summed E-state index contributed by atoms with van der Waals surface area (Å²) in [5.74, 6) is 0.616. The Kier molecular flexibility index (Phi) is 13.1. The van der Waals surface area contributed by atoms with Crippen molar-refractivity contribution in [2.45, 2.75) is 60.8 Å². The molecule has 2 atom stereocenters. The second-order valence-corrected chi connectivity index (χ2v) is 9.27. The molecule has 1 amide bonds. The molecule has 27 heavy (non-hydrogen) atoms. The number of amides is 1. The Hall–Kier alpha value is -0.690. The van der Waals surface area contributed by atoms with E-state index < -0.39 is 0 Å². The van der Waals surface area contributed by atoms with E-state index in [-0.39, 0.29) is 30.0 Å². The van der Waals surface area contributed by atoms with Crippen LogP contribution in [0.25, 0.3) is 0 Å². The zero-order chi connectivity index (χ0) is 20.9. The van der Waals surface area contributed by atoms with Gasteiger partial charge in [-0.2, -0.15) is 0 Å². The highest BCUT2D eigenvalue weighted by Gasteiger charge is 2.34. The second kappa shape index (κ2) is 13.5. The van der Waals surface area contributed by atoms with Crippen LogP contribution >= 0.6 is 0 Å². The number of hydrogen-bond donors (Lipinski definition) is 4. The molecule has 6 heteroatoms. The molecule has 162 valence electrons. The van der Waals surface area contributed by atoms with Gasteiger partial charge in [-0.15, -0.1) is 0 Å². The molecule has 0 saturated carbocycles. The molecule has 0 aromatic heterocycles. The number of aliphatic hydroxyl groups excluding tert-OH is 2. The van der Waals surface area contributed by atoms with Crippen LogP contribution in [0.2, 0.25) is 0 Å². The summed E-state index contributed by atoms with van der Waals surface area (Å²) >= 11 is 0. The van der Waals surface area contributed by atoms with Crippen LogP contribution in [0.15, 0.2) is 0 Å². The molecule has 0 saturated heterocycles. The minimum absolute atomic E-state index is 0.0738. The van der Waals surface area contributed by atoms with Crippen LogP contribution in [0, 0.1) is 16.7 Å². The Balaban J connectivity index is 4.50. The van der Waals surface area contributed by atoms with Crippen LogP contribution in [0.4, 0.5) is 0 Å². The lowest BCUT2D eigenvalue weighted by Crippen LogP contribution is -2.43. The third kappa shape index (κ3) is 12.4. The molecule has 0 aromatic rings. The first kappa shape index (κ1) is 26.3. The molecule has 0 aliphatic heterocycles.